The van der Waals surface area contributed by atoms with Gasteiger partial charge in [-0.15, -0.1) is 0 Å². The zero-order valence-corrected chi connectivity index (χ0v) is 61.9. The maximum atomic E-state index is 13.7. The molecule has 504 valence electrons. The van der Waals surface area contributed by atoms with Gasteiger partial charge in [0.1, 0.15) is 52.3 Å². The van der Waals surface area contributed by atoms with Gasteiger partial charge in [-0.05, 0) is 153 Å². The van der Waals surface area contributed by atoms with Crippen LogP contribution in [0.2, 0.25) is 0 Å². The molecule has 1 spiro atoms. The van der Waals surface area contributed by atoms with E-state index in [1.165, 1.54) is 5.56 Å². The molecule has 0 radical (unpaired) electrons. The quantitative estimate of drug-likeness (QED) is 0.0917. The highest BCUT2D eigenvalue weighted by Crippen LogP contribution is 2.61. The summed E-state index contributed by atoms with van der Waals surface area (Å²) in [6.45, 7) is 51.5. The van der Waals surface area contributed by atoms with Crippen molar-refractivity contribution in [2.24, 2.45) is 5.41 Å². The Bertz CT molecular complexity index is 3910. The van der Waals surface area contributed by atoms with Crippen LogP contribution in [0.15, 0.2) is 72.8 Å². The minimum atomic E-state index is -3.07. The second kappa shape index (κ2) is 24.0. The second-order valence-electron chi connectivity index (χ2n) is 33.4. The lowest BCUT2D eigenvalue weighted by Crippen LogP contribution is -2.46. The molecule has 3 atom stereocenters. The SMILES string of the molecule is C=P1(Oc2c(C)cc(C3C(=O)Oc4c3cc(C(C)(C)C)cc4C(C)(C)C)cc2C)OCC2(CO1)COP(=C)(Oc1c(C)cc(C3C(=O)Oc4c3cc(C(C)(C)C)cc4C(C)(C)C)cc1C)OC2.Cc1cc(C2C(=O)Oc3c2cc(C(C)(C)C)cc3C(C)(C)C)cc(C)c1O. The van der Waals surface area contributed by atoms with Crippen molar-refractivity contribution in [3.05, 3.63) is 173 Å². The summed E-state index contributed by atoms with van der Waals surface area (Å²) in [5.74, 6) is 1.12. The molecular weight excluding hydrogens is 1220 g/mol. The van der Waals surface area contributed by atoms with Gasteiger partial charge < -0.3 is 46.5 Å². The smallest absolute Gasteiger partial charge is 0.323 e. The summed E-state index contributed by atoms with van der Waals surface area (Å²) in [6.07, 6.45) is 8.62. The minimum absolute atomic E-state index is 0.0357. The molecule has 2 saturated heterocycles. The lowest BCUT2D eigenvalue weighted by atomic mass is 9.77. The van der Waals surface area contributed by atoms with Crippen molar-refractivity contribution in [3.63, 3.8) is 0 Å². The molecule has 6 aromatic carbocycles. The van der Waals surface area contributed by atoms with Crippen molar-refractivity contribution in [2.75, 3.05) is 26.4 Å². The molecule has 5 aliphatic heterocycles. The van der Waals surface area contributed by atoms with Crippen molar-refractivity contribution in [3.8, 4) is 34.5 Å². The first-order chi connectivity index (χ1) is 43.1. The van der Waals surface area contributed by atoms with E-state index in [1.807, 2.05) is 77.9 Å². The maximum Gasteiger partial charge on any atom is 0.323 e. The highest BCUT2D eigenvalue weighted by Gasteiger charge is 2.48. The molecule has 0 saturated carbocycles. The first kappa shape index (κ1) is 70.4. The Morgan fingerprint density at radius 1 is 0.383 bits per heavy atom. The molecule has 2 fully saturated rings. The third kappa shape index (κ3) is 13.7. The summed E-state index contributed by atoms with van der Waals surface area (Å²) in [7, 11) is -6.15. The molecule has 0 bridgehead atoms. The Labute approximate surface area is 559 Å². The van der Waals surface area contributed by atoms with Gasteiger partial charge in [-0.2, -0.15) is 0 Å². The van der Waals surface area contributed by atoms with E-state index >= 15 is 0 Å². The summed E-state index contributed by atoms with van der Waals surface area (Å²) in [5.41, 5.74) is 15.3. The van der Waals surface area contributed by atoms with Gasteiger partial charge in [0.15, 0.2) is 0 Å². The fourth-order valence-corrected chi connectivity index (χ4v) is 16.5. The molecule has 3 unspecified atom stereocenters. The van der Waals surface area contributed by atoms with E-state index in [2.05, 4.69) is 174 Å². The zero-order valence-electron chi connectivity index (χ0n) is 60.1. The average Bonchev–Trinajstić information content (AvgIpc) is 1.58. The van der Waals surface area contributed by atoms with Gasteiger partial charge >= 0.3 is 33.0 Å². The maximum absolute atomic E-state index is 13.7. The summed E-state index contributed by atoms with van der Waals surface area (Å²) in [5, 5.41) is 10.1. The number of fused-ring (bicyclic) bond motifs is 3. The van der Waals surface area contributed by atoms with E-state index in [4.69, 9.17) is 41.4 Å². The largest absolute Gasteiger partial charge is 0.507 e. The van der Waals surface area contributed by atoms with Crippen molar-refractivity contribution in [2.45, 2.75) is 216 Å². The third-order valence-corrected chi connectivity index (χ3v) is 21.8. The van der Waals surface area contributed by atoms with Crippen molar-refractivity contribution >= 4 is 45.6 Å². The molecule has 0 aliphatic carbocycles. The van der Waals surface area contributed by atoms with Crippen molar-refractivity contribution < 1.29 is 60.8 Å². The fourth-order valence-electron chi connectivity index (χ4n) is 13.1. The molecule has 6 aromatic rings. The van der Waals surface area contributed by atoms with E-state index in [1.54, 1.807) is 0 Å². The minimum Gasteiger partial charge on any atom is -0.507 e. The number of rotatable bonds is 7. The molecule has 15 heteroatoms. The van der Waals surface area contributed by atoms with Crippen LogP contribution in [0.25, 0.3) is 0 Å². The van der Waals surface area contributed by atoms with Crippen LogP contribution in [0.3, 0.4) is 0 Å². The second-order valence-corrected chi connectivity index (χ2v) is 37.2. The summed E-state index contributed by atoms with van der Waals surface area (Å²) < 4.78 is 56.4. The number of aromatic hydroxyl groups is 1. The highest BCUT2D eigenvalue weighted by atomic mass is 31.2. The molecule has 0 aromatic heterocycles. The van der Waals surface area contributed by atoms with E-state index < -0.39 is 38.3 Å². The van der Waals surface area contributed by atoms with Crippen molar-refractivity contribution in [1.29, 1.82) is 0 Å². The first-order valence-electron chi connectivity index (χ1n) is 32.8. The molecule has 0 amide bonds. The highest BCUT2D eigenvalue weighted by molar-refractivity contribution is 7.60. The molecule has 94 heavy (non-hydrogen) atoms. The first-order valence-corrected chi connectivity index (χ1v) is 36.2. The number of carbonyl (C=O) groups excluding carboxylic acids is 3. The predicted molar refractivity (Wildman–Crippen MR) is 379 cm³/mol. The Hall–Kier alpha value is -6.43. The number of hydrogen-bond donors (Lipinski definition) is 1. The molecule has 5 aliphatic rings. The Balaban J connectivity index is 0.000000297. The van der Waals surface area contributed by atoms with Crippen molar-refractivity contribution in [1.82, 2.24) is 0 Å². The number of esters is 3. The Morgan fingerprint density at radius 3 is 0.840 bits per heavy atom. The Kier molecular flexibility index (Phi) is 18.0. The fraction of sp³-hybridized carbons (Fsp3) is 0.481. The monoisotopic (exact) mass is 1320 g/mol. The van der Waals surface area contributed by atoms with Crippen LogP contribution in [0.5, 0.6) is 34.5 Å². The van der Waals surface area contributed by atoms with Gasteiger partial charge in [-0.3, -0.25) is 14.4 Å². The Morgan fingerprint density at radius 2 is 0.617 bits per heavy atom. The van der Waals surface area contributed by atoms with Crippen LogP contribution in [0.4, 0.5) is 0 Å². The normalized spacial score (nSPS) is 23.0. The lowest BCUT2D eigenvalue weighted by Gasteiger charge is -2.45. The standard InChI is InChI=1S/C55H70O10P2.C24H30O3/c1-31-19-35(43-39-23-37(51(5,6)7)25-41(53(11,12)13)47(39)62-49(43)56)20-32(2)45(31)64-66(17)58-27-55(28-59-66)29-60-67(18,61-30-55)65-46-33(3)21-36(22-34(46)4)44-40-24-38(52(8,9)10)26-42(54(14,15)16)48(40)63-50(44)57;1-13-9-15(10-14(2)20(13)25)19-17-11-16(23(3,4)5)12-18(24(6,7)8)21(17)27-22(19)26/h19-26,43-44H,17-18,27-30H2,1-16H3;9-12,19,25H,1-8H3. The molecule has 1 N–H and O–H groups in total. The average molecular weight is 1320 g/mol. The van der Waals surface area contributed by atoms with Crippen LogP contribution in [-0.4, -0.2) is 62.0 Å². The van der Waals surface area contributed by atoms with Crippen LogP contribution < -0.4 is 23.3 Å². The van der Waals surface area contributed by atoms with Crippen LogP contribution in [0, 0.1) is 47.0 Å². The number of ether oxygens (including phenoxy) is 3. The van der Waals surface area contributed by atoms with Gasteiger partial charge in [-0.25, -0.2) is 0 Å². The number of carbonyl (C=O) groups is 3. The third-order valence-electron chi connectivity index (χ3n) is 18.8. The number of phenols is 1. The van der Waals surface area contributed by atoms with Gasteiger partial charge in [0.2, 0.25) is 0 Å². The molecule has 13 nitrogen and oxygen atoms in total. The van der Waals surface area contributed by atoms with E-state index in [0.717, 1.165) is 94.6 Å². The van der Waals surface area contributed by atoms with Gasteiger partial charge in [0.05, 0.1) is 31.8 Å². The van der Waals surface area contributed by atoms with E-state index in [0.29, 0.717) is 28.7 Å². The lowest BCUT2D eigenvalue weighted by molar-refractivity contribution is -0.134. The van der Waals surface area contributed by atoms with E-state index in [9.17, 15) is 19.5 Å². The molecular formula is C79H100O13P2. The van der Waals surface area contributed by atoms with Gasteiger partial charge in [0, 0.05) is 33.4 Å². The van der Waals surface area contributed by atoms with Gasteiger partial charge in [-0.1, -0.05) is 197 Å². The predicted octanol–water partition coefficient (Wildman–Crippen LogP) is 18.8. The van der Waals surface area contributed by atoms with Gasteiger partial charge in [0.25, 0.3) is 0 Å². The number of phenolic OH excluding ortho intramolecular Hbond substituents is 1. The summed E-state index contributed by atoms with van der Waals surface area (Å²) >= 11 is 0. The summed E-state index contributed by atoms with van der Waals surface area (Å²) in [4.78, 5) is 40.3. The number of aryl methyl sites for hydroxylation is 6. The van der Waals surface area contributed by atoms with Crippen LogP contribution in [0.1, 0.15) is 243 Å². The zero-order chi connectivity index (χ0) is 69.5. The topological polar surface area (TPSA) is 155 Å². The molecule has 5 heterocycles. The summed E-state index contributed by atoms with van der Waals surface area (Å²) in [6, 6.07) is 24.7. The van der Waals surface area contributed by atoms with Crippen LogP contribution >= 0.6 is 15.1 Å². The van der Waals surface area contributed by atoms with Crippen LogP contribution in [-0.2, 0) is 65.0 Å². The molecule has 11 rings (SSSR count). The number of benzene rings is 6. The number of hydrogen-bond acceptors (Lipinski definition) is 13. The van der Waals surface area contributed by atoms with E-state index in [-0.39, 0.29) is 82.6 Å².